The summed E-state index contributed by atoms with van der Waals surface area (Å²) in [7, 11) is 0. The van der Waals surface area contributed by atoms with Gasteiger partial charge in [-0.05, 0) is 67.1 Å². The maximum Gasteiger partial charge on any atom is 0.0667 e. The predicted octanol–water partition coefficient (Wildman–Crippen LogP) is 4.41. The third-order valence-corrected chi connectivity index (χ3v) is 6.15. The third-order valence-electron chi connectivity index (χ3n) is 6.15. The van der Waals surface area contributed by atoms with Crippen molar-refractivity contribution >= 4 is 0 Å². The van der Waals surface area contributed by atoms with E-state index in [2.05, 4.69) is 26.5 Å². The molecule has 0 aromatic carbocycles. The van der Waals surface area contributed by atoms with Crippen molar-refractivity contribution in [3.63, 3.8) is 0 Å². The van der Waals surface area contributed by atoms with Gasteiger partial charge in [0, 0.05) is 0 Å². The molecular formula is C17H25N. The summed E-state index contributed by atoms with van der Waals surface area (Å²) in [5.41, 5.74) is -0.0329. The van der Waals surface area contributed by atoms with Crippen molar-refractivity contribution in [3.05, 3.63) is 12.7 Å². The van der Waals surface area contributed by atoms with E-state index in [9.17, 15) is 5.26 Å². The van der Waals surface area contributed by atoms with Gasteiger partial charge in [-0.25, -0.2) is 0 Å². The average Bonchev–Trinajstić information content (AvgIpc) is 2.32. The lowest BCUT2D eigenvalue weighted by Crippen LogP contribution is -2.49. The highest BCUT2D eigenvalue weighted by molar-refractivity contribution is 5.11. The van der Waals surface area contributed by atoms with E-state index in [4.69, 9.17) is 0 Å². The van der Waals surface area contributed by atoms with Crippen molar-refractivity contribution in [3.8, 4) is 6.07 Å². The molecule has 1 atom stereocenters. The molecule has 0 aromatic heterocycles. The molecule has 4 bridgehead atoms. The summed E-state index contributed by atoms with van der Waals surface area (Å²) in [6, 6.07) is 2.65. The van der Waals surface area contributed by atoms with Crippen molar-refractivity contribution in [1.29, 1.82) is 5.26 Å². The summed E-state index contributed by atoms with van der Waals surface area (Å²) < 4.78 is 0. The van der Waals surface area contributed by atoms with Gasteiger partial charge in [0.2, 0.25) is 0 Å². The van der Waals surface area contributed by atoms with Crippen LogP contribution in [0.2, 0.25) is 0 Å². The van der Waals surface area contributed by atoms with Gasteiger partial charge in [0.15, 0.2) is 0 Å². The fourth-order valence-electron chi connectivity index (χ4n) is 5.39. The first-order chi connectivity index (χ1) is 8.55. The van der Waals surface area contributed by atoms with Crippen LogP contribution in [0, 0.1) is 52.3 Å². The molecule has 0 heterocycles. The molecule has 0 aromatic rings. The lowest BCUT2D eigenvalue weighted by Gasteiger charge is -2.57. The van der Waals surface area contributed by atoms with Crippen LogP contribution < -0.4 is 0 Å². The first-order valence-electron chi connectivity index (χ1n) is 7.58. The molecule has 4 fully saturated rings. The van der Waals surface area contributed by atoms with Gasteiger partial charge in [0.05, 0.1) is 12.0 Å². The summed E-state index contributed by atoms with van der Waals surface area (Å²) in [5.74, 6) is 4.49. The second-order valence-corrected chi connectivity index (χ2v) is 7.64. The molecule has 0 aliphatic heterocycles. The SMILES string of the molecule is C=CC(C)(C)C(C#N)C1C2CC3CC(C2)CC1C3. The Balaban J connectivity index is 1.88. The smallest absolute Gasteiger partial charge is 0.0667 e. The largest absolute Gasteiger partial charge is 0.198 e. The minimum atomic E-state index is -0.0329. The number of nitrogens with zero attached hydrogens (tertiary/aromatic N) is 1. The summed E-state index contributed by atoms with van der Waals surface area (Å²) in [5, 5.41) is 9.68. The molecule has 0 saturated heterocycles. The second-order valence-electron chi connectivity index (χ2n) is 7.64. The van der Waals surface area contributed by atoms with Crippen LogP contribution in [-0.4, -0.2) is 0 Å². The Kier molecular flexibility index (Phi) is 2.81. The van der Waals surface area contributed by atoms with E-state index < -0.39 is 0 Å². The molecule has 18 heavy (non-hydrogen) atoms. The molecule has 4 saturated carbocycles. The Morgan fingerprint density at radius 1 is 1.11 bits per heavy atom. The van der Waals surface area contributed by atoms with Crippen LogP contribution >= 0.6 is 0 Å². The van der Waals surface area contributed by atoms with Crippen LogP contribution in [0.4, 0.5) is 0 Å². The van der Waals surface area contributed by atoms with Gasteiger partial charge in [-0.15, -0.1) is 6.58 Å². The van der Waals surface area contributed by atoms with Crippen molar-refractivity contribution in [1.82, 2.24) is 0 Å². The number of rotatable bonds is 3. The summed E-state index contributed by atoms with van der Waals surface area (Å²) in [6.07, 6.45) is 9.12. The number of nitriles is 1. The molecular weight excluding hydrogens is 218 g/mol. The van der Waals surface area contributed by atoms with Crippen molar-refractivity contribution in [2.75, 3.05) is 0 Å². The minimum Gasteiger partial charge on any atom is -0.198 e. The van der Waals surface area contributed by atoms with Gasteiger partial charge in [-0.2, -0.15) is 5.26 Å². The molecule has 4 rings (SSSR count). The average molecular weight is 243 g/mol. The number of allylic oxidation sites excluding steroid dienone is 1. The zero-order valence-corrected chi connectivity index (χ0v) is 11.7. The molecule has 1 nitrogen and oxygen atoms in total. The topological polar surface area (TPSA) is 23.8 Å². The molecule has 1 unspecified atom stereocenters. The first kappa shape index (κ1) is 12.3. The van der Waals surface area contributed by atoms with Crippen LogP contribution in [0.3, 0.4) is 0 Å². The van der Waals surface area contributed by atoms with Gasteiger partial charge < -0.3 is 0 Å². The fourth-order valence-corrected chi connectivity index (χ4v) is 5.39. The maximum absolute atomic E-state index is 9.68. The lowest BCUT2D eigenvalue weighted by molar-refractivity contribution is -0.0659. The van der Waals surface area contributed by atoms with Gasteiger partial charge >= 0.3 is 0 Å². The van der Waals surface area contributed by atoms with E-state index in [0.29, 0.717) is 5.92 Å². The number of hydrogen-bond donors (Lipinski definition) is 0. The zero-order chi connectivity index (χ0) is 12.9. The monoisotopic (exact) mass is 243 g/mol. The minimum absolute atomic E-state index is 0.0329. The summed E-state index contributed by atoms with van der Waals surface area (Å²) in [4.78, 5) is 0. The maximum atomic E-state index is 9.68. The summed E-state index contributed by atoms with van der Waals surface area (Å²) >= 11 is 0. The Bertz CT molecular complexity index is 359. The molecule has 98 valence electrons. The van der Waals surface area contributed by atoms with Crippen molar-refractivity contribution < 1.29 is 0 Å². The molecule has 4 aliphatic carbocycles. The molecule has 0 amide bonds. The van der Waals surface area contributed by atoms with Crippen LogP contribution in [0.25, 0.3) is 0 Å². The highest BCUT2D eigenvalue weighted by Crippen LogP contribution is 2.60. The highest BCUT2D eigenvalue weighted by Gasteiger charge is 2.52. The third kappa shape index (κ3) is 1.73. The van der Waals surface area contributed by atoms with E-state index in [-0.39, 0.29) is 11.3 Å². The molecule has 4 aliphatic rings. The van der Waals surface area contributed by atoms with Gasteiger partial charge in [-0.3, -0.25) is 0 Å². The molecule has 1 heteroatoms. The Hall–Kier alpha value is -0.770. The lowest BCUT2D eigenvalue weighted by atomic mass is 9.47. The van der Waals surface area contributed by atoms with Crippen LogP contribution in [0.5, 0.6) is 0 Å². The van der Waals surface area contributed by atoms with E-state index >= 15 is 0 Å². The predicted molar refractivity (Wildman–Crippen MR) is 73.6 cm³/mol. The molecule has 0 spiro atoms. The van der Waals surface area contributed by atoms with Crippen molar-refractivity contribution in [2.24, 2.45) is 40.9 Å². The standard InChI is InChI=1S/C17H25N/c1-4-17(2,3)15(10-18)16-13-6-11-5-12(8-13)9-14(16)7-11/h4,11-16H,1,5-9H2,2-3H3. The van der Waals surface area contributed by atoms with E-state index in [1.54, 1.807) is 0 Å². The quantitative estimate of drug-likeness (QED) is 0.673. The second kappa shape index (κ2) is 4.12. The Morgan fingerprint density at radius 2 is 1.61 bits per heavy atom. The van der Waals surface area contributed by atoms with E-state index in [0.717, 1.165) is 23.7 Å². The van der Waals surface area contributed by atoms with Gasteiger partial charge in [-0.1, -0.05) is 19.9 Å². The highest BCUT2D eigenvalue weighted by atomic mass is 14.6. The Morgan fingerprint density at radius 3 is 2.00 bits per heavy atom. The van der Waals surface area contributed by atoms with E-state index in [1.165, 1.54) is 32.1 Å². The summed E-state index contributed by atoms with van der Waals surface area (Å²) in [6.45, 7) is 8.35. The number of hydrogen-bond acceptors (Lipinski definition) is 1. The van der Waals surface area contributed by atoms with E-state index in [1.807, 2.05) is 6.08 Å². The molecule has 0 N–H and O–H groups in total. The van der Waals surface area contributed by atoms with Crippen LogP contribution in [0.15, 0.2) is 12.7 Å². The van der Waals surface area contributed by atoms with Gasteiger partial charge in [0.25, 0.3) is 0 Å². The Labute approximate surface area is 111 Å². The molecule has 0 radical (unpaired) electrons. The zero-order valence-electron chi connectivity index (χ0n) is 11.7. The fraction of sp³-hybridized carbons (Fsp3) is 0.824. The normalized spacial score (nSPS) is 43.5. The first-order valence-corrected chi connectivity index (χ1v) is 7.58. The van der Waals surface area contributed by atoms with Gasteiger partial charge in [0.1, 0.15) is 0 Å². The van der Waals surface area contributed by atoms with Crippen molar-refractivity contribution in [2.45, 2.75) is 46.0 Å². The van der Waals surface area contributed by atoms with Crippen LogP contribution in [-0.2, 0) is 0 Å². The van der Waals surface area contributed by atoms with Crippen LogP contribution in [0.1, 0.15) is 46.0 Å².